The summed E-state index contributed by atoms with van der Waals surface area (Å²) in [7, 11) is 0. The van der Waals surface area contributed by atoms with E-state index in [-0.39, 0.29) is 11.9 Å². The SMILES string of the molecule is C[C@@H]1CN(c2ncccc2C#N)CCN1c1cc(-c2ccc(F)cc2)nc(N2CCOCC2)n1. The lowest BCUT2D eigenvalue weighted by Gasteiger charge is -2.41. The Morgan fingerprint density at radius 2 is 1.82 bits per heavy atom. The minimum atomic E-state index is -0.276. The lowest BCUT2D eigenvalue weighted by Crippen LogP contribution is -2.53. The van der Waals surface area contributed by atoms with Gasteiger partial charge in [-0.1, -0.05) is 0 Å². The van der Waals surface area contributed by atoms with Crippen LogP contribution in [0.3, 0.4) is 0 Å². The highest BCUT2D eigenvalue weighted by Crippen LogP contribution is 2.29. The zero-order chi connectivity index (χ0) is 23.5. The van der Waals surface area contributed by atoms with Crippen molar-refractivity contribution in [1.82, 2.24) is 15.0 Å². The van der Waals surface area contributed by atoms with Crippen molar-refractivity contribution in [2.45, 2.75) is 13.0 Å². The molecule has 0 aliphatic carbocycles. The Kier molecular flexibility index (Phi) is 6.23. The fraction of sp³-hybridized carbons (Fsp3) is 0.360. The molecule has 2 fully saturated rings. The maximum Gasteiger partial charge on any atom is 0.228 e. The highest BCUT2D eigenvalue weighted by Gasteiger charge is 2.28. The number of nitriles is 1. The second kappa shape index (κ2) is 9.61. The summed E-state index contributed by atoms with van der Waals surface area (Å²) in [6, 6.07) is 14.3. The van der Waals surface area contributed by atoms with E-state index in [9.17, 15) is 9.65 Å². The summed E-state index contributed by atoms with van der Waals surface area (Å²) < 4.78 is 19.0. The monoisotopic (exact) mass is 459 g/mol. The summed E-state index contributed by atoms with van der Waals surface area (Å²) in [4.78, 5) is 20.8. The largest absolute Gasteiger partial charge is 0.378 e. The first-order chi connectivity index (χ1) is 16.6. The number of hydrogen-bond acceptors (Lipinski definition) is 8. The van der Waals surface area contributed by atoms with Gasteiger partial charge in [-0.05, 0) is 43.3 Å². The Balaban J connectivity index is 1.46. The van der Waals surface area contributed by atoms with Crippen molar-refractivity contribution < 1.29 is 9.13 Å². The molecule has 4 heterocycles. The van der Waals surface area contributed by atoms with Gasteiger partial charge in [0.1, 0.15) is 23.5 Å². The molecule has 2 aromatic heterocycles. The molecule has 8 nitrogen and oxygen atoms in total. The van der Waals surface area contributed by atoms with Crippen molar-refractivity contribution in [2.24, 2.45) is 0 Å². The lowest BCUT2D eigenvalue weighted by molar-refractivity contribution is 0.122. The summed E-state index contributed by atoms with van der Waals surface area (Å²) in [6.45, 7) is 7.05. The number of benzene rings is 1. The molecule has 0 unspecified atom stereocenters. The van der Waals surface area contributed by atoms with Crippen LogP contribution < -0.4 is 14.7 Å². The molecule has 1 atom stereocenters. The average molecular weight is 460 g/mol. The molecular weight excluding hydrogens is 433 g/mol. The first-order valence-corrected chi connectivity index (χ1v) is 11.5. The molecule has 0 spiro atoms. The van der Waals surface area contributed by atoms with Crippen LogP contribution >= 0.6 is 0 Å². The van der Waals surface area contributed by atoms with Gasteiger partial charge >= 0.3 is 0 Å². The third-order valence-corrected chi connectivity index (χ3v) is 6.26. The van der Waals surface area contributed by atoms with E-state index in [0.717, 1.165) is 49.1 Å². The van der Waals surface area contributed by atoms with E-state index < -0.39 is 0 Å². The topological polar surface area (TPSA) is 81.4 Å². The van der Waals surface area contributed by atoms with Crippen molar-refractivity contribution in [3.63, 3.8) is 0 Å². The molecule has 1 aromatic carbocycles. The van der Waals surface area contributed by atoms with Crippen molar-refractivity contribution in [2.75, 3.05) is 60.6 Å². The van der Waals surface area contributed by atoms with Crippen LogP contribution in [0, 0.1) is 17.1 Å². The first kappa shape index (κ1) is 22.0. The fourth-order valence-corrected chi connectivity index (χ4v) is 4.47. The van der Waals surface area contributed by atoms with E-state index in [4.69, 9.17) is 14.7 Å². The molecule has 5 rings (SSSR count). The molecule has 174 valence electrons. The quantitative estimate of drug-likeness (QED) is 0.589. The van der Waals surface area contributed by atoms with Gasteiger partial charge in [-0.15, -0.1) is 0 Å². The van der Waals surface area contributed by atoms with Gasteiger partial charge in [-0.25, -0.2) is 14.4 Å². The Labute approximate surface area is 198 Å². The maximum atomic E-state index is 13.5. The van der Waals surface area contributed by atoms with E-state index in [1.54, 1.807) is 30.5 Å². The number of morpholine rings is 1. The predicted octanol–water partition coefficient (Wildman–Crippen LogP) is 3.10. The molecule has 9 heteroatoms. The summed E-state index contributed by atoms with van der Waals surface area (Å²) >= 11 is 0. The van der Waals surface area contributed by atoms with Gasteiger partial charge in [-0.2, -0.15) is 10.2 Å². The number of aromatic nitrogens is 3. The van der Waals surface area contributed by atoms with E-state index in [1.807, 2.05) is 6.07 Å². The van der Waals surface area contributed by atoms with Crippen molar-refractivity contribution in [1.29, 1.82) is 5.26 Å². The molecule has 34 heavy (non-hydrogen) atoms. The number of halogens is 1. The maximum absolute atomic E-state index is 13.5. The molecule has 2 aliphatic heterocycles. The minimum Gasteiger partial charge on any atom is -0.378 e. The number of anilines is 3. The number of piperazine rings is 1. The highest BCUT2D eigenvalue weighted by molar-refractivity contribution is 5.66. The van der Waals surface area contributed by atoms with E-state index in [0.29, 0.717) is 31.3 Å². The van der Waals surface area contributed by atoms with Gasteiger partial charge < -0.3 is 19.4 Å². The van der Waals surface area contributed by atoms with E-state index >= 15 is 0 Å². The van der Waals surface area contributed by atoms with Crippen LogP contribution in [-0.4, -0.2) is 66.9 Å². The van der Waals surface area contributed by atoms with Gasteiger partial charge in [0, 0.05) is 56.6 Å². The summed E-state index contributed by atoms with van der Waals surface area (Å²) in [5.41, 5.74) is 2.19. The minimum absolute atomic E-state index is 0.135. The molecule has 3 aromatic rings. The Morgan fingerprint density at radius 3 is 2.56 bits per heavy atom. The third kappa shape index (κ3) is 4.50. The Bertz CT molecular complexity index is 1190. The van der Waals surface area contributed by atoms with Gasteiger partial charge in [0.2, 0.25) is 5.95 Å². The second-order valence-corrected chi connectivity index (χ2v) is 8.49. The Morgan fingerprint density at radius 1 is 1.03 bits per heavy atom. The lowest BCUT2D eigenvalue weighted by atomic mass is 10.1. The summed E-state index contributed by atoms with van der Waals surface area (Å²) in [5.74, 6) is 1.94. The molecule has 0 bridgehead atoms. The molecule has 2 aliphatic rings. The van der Waals surface area contributed by atoms with Crippen LogP contribution in [0.1, 0.15) is 12.5 Å². The number of rotatable bonds is 4. The van der Waals surface area contributed by atoms with Crippen LogP contribution in [-0.2, 0) is 4.74 Å². The van der Waals surface area contributed by atoms with Crippen LogP contribution in [0.5, 0.6) is 0 Å². The van der Waals surface area contributed by atoms with E-state index in [2.05, 4.69) is 32.7 Å². The van der Waals surface area contributed by atoms with Gasteiger partial charge in [0.05, 0.1) is 24.5 Å². The molecular formula is C25H26FN7O. The normalized spacial score (nSPS) is 18.6. The molecule has 0 amide bonds. The third-order valence-electron chi connectivity index (χ3n) is 6.26. The zero-order valence-electron chi connectivity index (χ0n) is 19.1. The smallest absolute Gasteiger partial charge is 0.228 e. The zero-order valence-corrected chi connectivity index (χ0v) is 19.1. The van der Waals surface area contributed by atoms with Crippen molar-refractivity contribution in [3.8, 4) is 17.3 Å². The standard InChI is InChI=1S/C25H26FN7O/c1-18-17-32(24-20(16-27)3-2-8-28-24)9-10-33(18)23-15-22(19-4-6-21(26)7-5-19)29-25(30-23)31-11-13-34-14-12-31/h2-8,15,18H,9-14,17H2,1H3/t18-/m1/s1. The second-order valence-electron chi connectivity index (χ2n) is 8.49. The van der Waals surface area contributed by atoms with Gasteiger partial charge in [0.15, 0.2) is 0 Å². The average Bonchev–Trinajstić information content (AvgIpc) is 2.89. The number of pyridine rings is 1. The van der Waals surface area contributed by atoms with Gasteiger partial charge in [0.25, 0.3) is 0 Å². The highest BCUT2D eigenvalue weighted by atomic mass is 19.1. The van der Waals surface area contributed by atoms with Crippen LogP contribution in [0.4, 0.5) is 22.0 Å². The summed E-state index contributed by atoms with van der Waals surface area (Å²) in [6.07, 6.45) is 1.72. The molecule has 0 N–H and O–H groups in total. The van der Waals surface area contributed by atoms with Crippen LogP contribution in [0.25, 0.3) is 11.3 Å². The number of nitrogens with zero attached hydrogens (tertiary/aromatic N) is 7. The van der Waals surface area contributed by atoms with Crippen LogP contribution in [0.15, 0.2) is 48.7 Å². The number of ether oxygens (including phenoxy) is 1. The molecule has 0 radical (unpaired) electrons. The van der Waals surface area contributed by atoms with Crippen molar-refractivity contribution in [3.05, 3.63) is 60.0 Å². The van der Waals surface area contributed by atoms with Gasteiger partial charge in [-0.3, -0.25) is 0 Å². The predicted molar refractivity (Wildman–Crippen MR) is 128 cm³/mol. The molecule has 2 saturated heterocycles. The first-order valence-electron chi connectivity index (χ1n) is 11.5. The summed E-state index contributed by atoms with van der Waals surface area (Å²) in [5, 5.41) is 9.47. The Hall–Kier alpha value is -3.77. The van der Waals surface area contributed by atoms with Crippen molar-refractivity contribution >= 4 is 17.6 Å². The number of hydrogen-bond donors (Lipinski definition) is 0. The van der Waals surface area contributed by atoms with Crippen LogP contribution in [0.2, 0.25) is 0 Å². The van der Waals surface area contributed by atoms with E-state index in [1.165, 1.54) is 12.1 Å². The fourth-order valence-electron chi connectivity index (χ4n) is 4.47. The molecule has 0 saturated carbocycles.